The number of alkyl carbamates (subject to hydrolysis) is 2. The lowest BCUT2D eigenvalue weighted by molar-refractivity contribution is -0.115. The lowest BCUT2D eigenvalue weighted by Gasteiger charge is -2.24. The minimum atomic E-state index is -1.11. The third kappa shape index (κ3) is 11.1. The molecule has 14 heteroatoms. The summed E-state index contributed by atoms with van der Waals surface area (Å²) in [6.45, 7) is -0.552. The molecule has 0 unspecified atom stereocenters. The number of carbonyl (C=O) groups excluding carboxylic acids is 5. The van der Waals surface area contributed by atoms with Gasteiger partial charge in [-0.3, -0.25) is 9.69 Å². The largest absolute Gasteiger partial charge is 0.449 e. The summed E-state index contributed by atoms with van der Waals surface area (Å²) < 4.78 is 9.39. The van der Waals surface area contributed by atoms with Crippen molar-refractivity contribution < 1.29 is 33.4 Å². The Morgan fingerprint density at radius 2 is 1.41 bits per heavy atom. The maximum absolute atomic E-state index is 12.2. The number of urea groups is 2. The Labute approximate surface area is 166 Å². The van der Waals surface area contributed by atoms with Crippen molar-refractivity contribution in [2.75, 3.05) is 50.9 Å². The molecule has 0 atom stereocenters. The minimum Gasteiger partial charge on any atom is -0.449 e. The number of thiol groups is 2. The van der Waals surface area contributed by atoms with E-state index < -0.39 is 24.2 Å². The Bertz CT molecular complexity index is 523. The summed E-state index contributed by atoms with van der Waals surface area (Å²) in [4.78, 5) is 58.5. The number of hydrogen-bond acceptors (Lipinski definition) is 9. The molecule has 0 rings (SSSR count). The van der Waals surface area contributed by atoms with E-state index in [1.807, 2.05) is 0 Å². The molecule has 0 aromatic rings. The summed E-state index contributed by atoms with van der Waals surface area (Å²) in [6.07, 6.45) is -1.30. The van der Waals surface area contributed by atoms with E-state index in [0.29, 0.717) is 21.3 Å². The van der Waals surface area contributed by atoms with E-state index in [4.69, 9.17) is 15.2 Å². The zero-order valence-electron chi connectivity index (χ0n) is 14.5. The number of imide groups is 2. The second-order valence-corrected chi connectivity index (χ2v) is 5.54. The van der Waals surface area contributed by atoms with E-state index in [-0.39, 0.29) is 45.8 Å². The van der Waals surface area contributed by atoms with Crippen LogP contribution in [0.1, 0.15) is 0 Å². The van der Waals surface area contributed by atoms with Crippen LogP contribution >= 0.6 is 25.3 Å². The number of rotatable bonds is 11. The molecule has 27 heavy (non-hydrogen) atoms. The van der Waals surface area contributed by atoms with E-state index in [9.17, 15) is 24.0 Å². The second kappa shape index (κ2) is 14.8. The highest BCUT2D eigenvalue weighted by Crippen LogP contribution is 1.97. The second-order valence-electron chi connectivity index (χ2n) is 4.64. The topological polar surface area (TPSA) is 160 Å². The molecule has 0 aliphatic heterocycles. The lowest BCUT2D eigenvalue weighted by atomic mass is 10.5. The molecule has 0 aliphatic rings. The first-order valence-electron chi connectivity index (χ1n) is 7.73. The molecular weight excluding hydrogens is 402 g/mol. The fraction of sp³-hybridized carbons (Fsp3) is 0.615. The van der Waals surface area contributed by atoms with E-state index in [1.54, 1.807) is 0 Å². The first-order valence-corrected chi connectivity index (χ1v) is 8.99. The monoisotopic (exact) mass is 425 g/mol. The average molecular weight is 425 g/mol. The van der Waals surface area contributed by atoms with Crippen LogP contribution in [0.3, 0.4) is 0 Å². The standard InChI is InChI=1S/C13H23N5O7S2/c14-10(20)18(4-2-16-12(22)25-6-8-27)13(23)17(9-19)3-1-15-11(21)24-5-7-26/h9,26-27H,1-8H2,(H2,14,20)(H,15,21)(H,16,22). The van der Waals surface area contributed by atoms with Gasteiger partial charge in [0.05, 0.1) is 0 Å². The third-order valence-electron chi connectivity index (χ3n) is 2.75. The Kier molecular flexibility index (Phi) is 13.5. The Hall–Kier alpha value is -2.35. The van der Waals surface area contributed by atoms with Crippen LogP contribution in [0.4, 0.5) is 19.2 Å². The van der Waals surface area contributed by atoms with Crippen LogP contribution in [-0.2, 0) is 14.3 Å². The van der Waals surface area contributed by atoms with Crippen LogP contribution in [0.2, 0.25) is 0 Å². The van der Waals surface area contributed by atoms with E-state index in [0.717, 1.165) is 0 Å². The van der Waals surface area contributed by atoms with Crippen molar-refractivity contribution in [3.8, 4) is 0 Å². The van der Waals surface area contributed by atoms with Crippen LogP contribution in [0, 0.1) is 0 Å². The highest BCUT2D eigenvalue weighted by atomic mass is 32.1. The van der Waals surface area contributed by atoms with Crippen molar-refractivity contribution in [2.24, 2.45) is 5.73 Å². The van der Waals surface area contributed by atoms with Gasteiger partial charge in [0, 0.05) is 37.7 Å². The van der Waals surface area contributed by atoms with Gasteiger partial charge >= 0.3 is 24.2 Å². The van der Waals surface area contributed by atoms with Crippen molar-refractivity contribution in [3.05, 3.63) is 0 Å². The van der Waals surface area contributed by atoms with Gasteiger partial charge < -0.3 is 25.8 Å². The van der Waals surface area contributed by atoms with E-state index in [1.165, 1.54) is 0 Å². The van der Waals surface area contributed by atoms with Crippen LogP contribution in [-0.4, -0.2) is 91.4 Å². The molecule has 0 spiro atoms. The number of nitrogens with two attached hydrogens (primary N) is 1. The van der Waals surface area contributed by atoms with Crippen LogP contribution in [0.25, 0.3) is 0 Å². The van der Waals surface area contributed by atoms with Crippen LogP contribution in [0.5, 0.6) is 0 Å². The summed E-state index contributed by atoms with van der Waals surface area (Å²) >= 11 is 7.74. The first kappa shape index (κ1) is 24.7. The Morgan fingerprint density at radius 1 is 0.926 bits per heavy atom. The maximum Gasteiger partial charge on any atom is 0.407 e. The van der Waals surface area contributed by atoms with Gasteiger partial charge in [-0.2, -0.15) is 25.3 Å². The smallest absolute Gasteiger partial charge is 0.407 e. The fourth-order valence-corrected chi connectivity index (χ4v) is 1.76. The number of amides is 7. The van der Waals surface area contributed by atoms with Crippen molar-refractivity contribution in [1.82, 2.24) is 20.4 Å². The van der Waals surface area contributed by atoms with Gasteiger partial charge in [-0.05, 0) is 0 Å². The summed E-state index contributed by atoms with van der Waals surface area (Å²) in [7, 11) is 0. The molecule has 0 fully saturated rings. The van der Waals surface area contributed by atoms with Gasteiger partial charge in [-0.15, -0.1) is 0 Å². The normalized spacial score (nSPS) is 9.70. The fourth-order valence-electron chi connectivity index (χ4n) is 1.58. The summed E-state index contributed by atoms with van der Waals surface area (Å²) in [5.74, 6) is 0.681. The Morgan fingerprint density at radius 3 is 1.81 bits per heavy atom. The summed E-state index contributed by atoms with van der Waals surface area (Å²) in [6, 6.07) is -2.12. The van der Waals surface area contributed by atoms with Gasteiger partial charge in [0.25, 0.3) is 0 Å². The molecular formula is C13H23N5O7S2. The molecule has 0 saturated carbocycles. The SMILES string of the molecule is NC(=O)N(CCNC(=O)OCCS)C(=O)N(C=O)CCNC(=O)OCCS. The zero-order chi connectivity index (χ0) is 20.7. The van der Waals surface area contributed by atoms with Crippen molar-refractivity contribution in [3.63, 3.8) is 0 Å². The molecule has 4 N–H and O–H groups in total. The molecule has 0 radical (unpaired) electrons. The quantitative estimate of drug-likeness (QED) is 0.215. The van der Waals surface area contributed by atoms with Gasteiger partial charge in [-0.25, -0.2) is 24.1 Å². The summed E-state index contributed by atoms with van der Waals surface area (Å²) in [5.41, 5.74) is 5.13. The first-order chi connectivity index (χ1) is 12.9. The molecule has 12 nitrogen and oxygen atoms in total. The third-order valence-corrected chi connectivity index (χ3v) is 3.11. The molecule has 0 heterocycles. The van der Waals surface area contributed by atoms with Crippen molar-refractivity contribution >= 4 is 55.9 Å². The van der Waals surface area contributed by atoms with Gasteiger partial charge in [0.2, 0.25) is 6.41 Å². The van der Waals surface area contributed by atoms with E-state index in [2.05, 4.69) is 35.9 Å². The highest BCUT2D eigenvalue weighted by molar-refractivity contribution is 7.80. The summed E-state index contributed by atoms with van der Waals surface area (Å²) in [5, 5.41) is 4.63. The number of hydrogen-bond donors (Lipinski definition) is 5. The lowest BCUT2D eigenvalue weighted by Crippen LogP contribution is -2.51. The number of nitrogens with one attached hydrogen (secondary N) is 2. The van der Waals surface area contributed by atoms with Crippen molar-refractivity contribution in [1.29, 1.82) is 0 Å². The minimum absolute atomic E-state index is 0.0930. The number of carbonyl (C=O) groups is 5. The van der Waals surface area contributed by atoms with Crippen molar-refractivity contribution in [2.45, 2.75) is 0 Å². The number of ether oxygens (including phenoxy) is 2. The molecule has 7 amide bonds. The van der Waals surface area contributed by atoms with Gasteiger partial charge in [0.15, 0.2) is 0 Å². The predicted molar refractivity (Wildman–Crippen MR) is 101 cm³/mol. The van der Waals surface area contributed by atoms with Crippen LogP contribution < -0.4 is 16.4 Å². The van der Waals surface area contributed by atoms with Crippen LogP contribution in [0.15, 0.2) is 0 Å². The maximum atomic E-state index is 12.2. The average Bonchev–Trinajstić information content (AvgIpc) is 2.64. The van der Waals surface area contributed by atoms with E-state index >= 15 is 0 Å². The highest BCUT2D eigenvalue weighted by Gasteiger charge is 2.24. The zero-order valence-corrected chi connectivity index (χ0v) is 16.2. The number of primary amides is 1. The molecule has 0 bridgehead atoms. The molecule has 0 aliphatic carbocycles. The van der Waals surface area contributed by atoms with Gasteiger partial charge in [0.1, 0.15) is 13.2 Å². The molecule has 0 aromatic carbocycles. The Balaban J connectivity index is 4.49. The molecule has 154 valence electrons. The molecule has 0 saturated heterocycles. The number of nitrogens with zero attached hydrogens (tertiary/aromatic N) is 2. The molecule has 0 aromatic heterocycles. The predicted octanol–water partition coefficient (Wildman–Crippen LogP) is -0.742. The van der Waals surface area contributed by atoms with Gasteiger partial charge in [-0.1, -0.05) is 0 Å².